The third-order valence-electron chi connectivity index (χ3n) is 6.27. The summed E-state index contributed by atoms with van der Waals surface area (Å²) in [5.74, 6) is 0.334. The third-order valence-corrected chi connectivity index (χ3v) is 6.95. The van der Waals surface area contributed by atoms with E-state index in [2.05, 4.69) is 21.2 Å². The second-order valence-electron chi connectivity index (χ2n) is 8.36. The van der Waals surface area contributed by atoms with Gasteiger partial charge in [-0.2, -0.15) is 0 Å². The molecule has 2 heterocycles. The first-order valence-electron chi connectivity index (χ1n) is 11.1. The molecule has 6 nitrogen and oxygen atoms in total. The van der Waals surface area contributed by atoms with Crippen molar-refractivity contribution in [3.63, 3.8) is 0 Å². The zero-order chi connectivity index (χ0) is 22.9. The number of allylic oxidation sites excluding steroid dienone is 3. The van der Waals surface area contributed by atoms with E-state index in [4.69, 9.17) is 14.2 Å². The van der Waals surface area contributed by atoms with Crippen LogP contribution in [0.15, 0.2) is 69.5 Å². The van der Waals surface area contributed by atoms with Gasteiger partial charge < -0.3 is 19.5 Å². The highest BCUT2D eigenvalue weighted by atomic mass is 79.9. The molecule has 2 aliphatic heterocycles. The number of ether oxygens (including phenoxy) is 3. The van der Waals surface area contributed by atoms with Crippen molar-refractivity contribution in [2.24, 2.45) is 0 Å². The summed E-state index contributed by atoms with van der Waals surface area (Å²) in [6.07, 6.45) is 2.66. The highest BCUT2D eigenvalue weighted by Crippen LogP contribution is 2.48. The van der Waals surface area contributed by atoms with Crippen molar-refractivity contribution in [1.29, 1.82) is 0 Å². The average molecular weight is 510 g/mol. The van der Waals surface area contributed by atoms with Gasteiger partial charge in [-0.15, -0.1) is 0 Å². The van der Waals surface area contributed by atoms with Crippen LogP contribution in [0.5, 0.6) is 11.5 Å². The van der Waals surface area contributed by atoms with Gasteiger partial charge in [0, 0.05) is 40.2 Å². The fourth-order valence-corrected chi connectivity index (χ4v) is 5.25. The molecule has 0 amide bonds. The maximum absolute atomic E-state index is 13.4. The summed E-state index contributed by atoms with van der Waals surface area (Å²) in [6, 6.07) is 13.6. The average Bonchev–Trinajstić information content (AvgIpc) is 3.25. The molecule has 2 aromatic carbocycles. The third kappa shape index (κ3) is 4.17. The summed E-state index contributed by atoms with van der Waals surface area (Å²) >= 11 is 3.64. The maximum atomic E-state index is 13.4. The number of esters is 1. The summed E-state index contributed by atoms with van der Waals surface area (Å²) < 4.78 is 17.6. The molecule has 170 valence electrons. The number of halogens is 1. The number of dihydropyridines is 1. The Balaban J connectivity index is 1.50. The van der Waals surface area contributed by atoms with Crippen molar-refractivity contribution in [3.05, 3.63) is 80.6 Å². The number of Topliss-reactive ketones (excluding diaryl/α,β-unsaturated/α-hetero) is 1. The van der Waals surface area contributed by atoms with Crippen molar-refractivity contribution >= 4 is 27.7 Å². The fraction of sp³-hybridized carbons (Fsp3) is 0.308. The number of nitrogens with one attached hydrogen (secondary N) is 1. The number of benzene rings is 2. The first-order chi connectivity index (χ1) is 16.0. The summed E-state index contributed by atoms with van der Waals surface area (Å²) in [7, 11) is 0. The molecular weight excluding hydrogens is 486 g/mol. The number of rotatable bonds is 5. The van der Waals surface area contributed by atoms with Crippen LogP contribution in [0.1, 0.15) is 43.2 Å². The molecule has 33 heavy (non-hydrogen) atoms. The van der Waals surface area contributed by atoms with E-state index in [1.165, 1.54) is 0 Å². The minimum atomic E-state index is -0.540. The number of ketones is 1. The molecular formula is C26H24BrNO5. The standard InChI is InChI=1S/C26H24BrNO5/c1-15-23(26(30)31-11-10-16-6-3-2-4-7-16)24(25-19(28-15)8-5-9-20(25)29)17-12-21-22(13-18(17)27)33-14-32-21/h2-4,6-7,12-13,24,28H,5,8-11,14H2,1H3. The van der Waals surface area contributed by atoms with Gasteiger partial charge in [-0.05, 0) is 43.0 Å². The summed E-state index contributed by atoms with van der Waals surface area (Å²) in [5, 5.41) is 3.33. The molecule has 2 aromatic rings. The predicted octanol–water partition coefficient (Wildman–Crippen LogP) is 4.93. The molecule has 0 radical (unpaired) electrons. The fourth-order valence-electron chi connectivity index (χ4n) is 4.70. The second-order valence-corrected chi connectivity index (χ2v) is 9.22. The minimum absolute atomic E-state index is 0.0559. The normalized spacial score (nSPS) is 19.3. The van der Waals surface area contributed by atoms with Crippen molar-refractivity contribution in [3.8, 4) is 11.5 Å². The molecule has 0 bridgehead atoms. The Morgan fingerprint density at radius 1 is 1.15 bits per heavy atom. The van der Waals surface area contributed by atoms with Crippen LogP contribution in [0, 0.1) is 0 Å². The Kier molecular flexibility index (Phi) is 5.98. The molecule has 1 atom stereocenters. The first kappa shape index (κ1) is 21.8. The Hall–Kier alpha value is -3.06. The van der Waals surface area contributed by atoms with Gasteiger partial charge in [-0.25, -0.2) is 4.79 Å². The molecule has 1 N–H and O–H groups in total. The number of hydrogen-bond donors (Lipinski definition) is 1. The lowest BCUT2D eigenvalue weighted by atomic mass is 9.75. The van der Waals surface area contributed by atoms with Gasteiger partial charge in [0.15, 0.2) is 17.3 Å². The van der Waals surface area contributed by atoms with Crippen molar-refractivity contribution in [1.82, 2.24) is 5.32 Å². The van der Waals surface area contributed by atoms with E-state index < -0.39 is 11.9 Å². The van der Waals surface area contributed by atoms with Crippen LogP contribution in [-0.4, -0.2) is 25.2 Å². The van der Waals surface area contributed by atoms with E-state index in [1.807, 2.05) is 49.4 Å². The van der Waals surface area contributed by atoms with Crippen molar-refractivity contribution in [2.45, 2.75) is 38.5 Å². The van der Waals surface area contributed by atoms with Crippen LogP contribution in [0.2, 0.25) is 0 Å². The van der Waals surface area contributed by atoms with Gasteiger partial charge in [-0.1, -0.05) is 46.3 Å². The van der Waals surface area contributed by atoms with Gasteiger partial charge in [0.05, 0.1) is 12.2 Å². The molecule has 3 aliphatic rings. The van der Waals surface area contributed by atoms with Crippen LogP contribution in [-0.2, 0) is 20.7 Å². The van der Waals surface area contributed by atoms with Crippen LogP contribution in [0.3, 0.4) is 0 Å². The molecule has 1 unspecified atom stereocenters. The Bertz CT molecular complexity index is 1180. The SMILES string of the molecule is CC1=C(C(=O)OCCc2ccccc2)C(c2cc3c(cc2Br)OCO3)C2=C(CCCC2=O)N1. The van der Waals surface area contributed by atoms with Gasteiger partial charge in [0.1, 0.15) is 0 Å². The van der Waals surface area contributed by atoms with E-state index in [1.54, 1.807) is 0 Å². The lowest BCUT2D eigenvalue weighted by molar-refractivity contribution is -0.139. The molecule has 0 saturated heterocycles. The monoisotopic (exact) mass is 509 g/mol. The number of hydrogen-bond acceptors (Lipinski definition) is 6. The topological polar surface area (TPSA) is 73.9 Å². The molecule has 7 heteroatoms. The Morgan fingerprint density at radius 3 is 2.70 bits per heavy atom. The summed E-state index contributed by atoms with van der Waals surface area (Å²) in [4.78, 5) is 26.5. The quantitative estimate of drug-likeness (QED) is 0.576. The summed E-state index contributed by atoms with van der Waals surface area (Å²) in [6.45, 7) is 2.27. The van der Waals surface area contributed by atoms with Gasteiger partial charge in [-0.3, -0.25) is 4.79 Å². The lowest BCUT2D eigenvalue weighted by Gasteiger charge is -2.34. The molecule has 0 saturated carbocycles. The number of fused-ring (bicyclic) bond motifs is 1. The number of carbonyl (C=O) groups is 2. The number of carbonyl (C=O) groups excluding carboxylic acids is 2. The van der Waals surface area contributed by atoms with E-state index in [-0.39, 0.29) is 19.2 Å². The largest absolute Gasteiger partial charge is 0.462 e. The second kappa shape index (κ2) is 9.06. The van der Waals surface area contributed by atoms with Crippen LogP contribution >= 0.6 is 15.9 Å². The van der Waals surface area contributed by atoms with Crippen molar-refractivity contribution < 1.29 is 23.8 Å². The maximum Gasteiger partial charge on any atom is 0.336 e. The molecule has 0 aromatic heterocycles. The summed E-state index contributed by atoms with van der Waals surface area (Å²) in [5.41, 5.74) is 4.58. The van der Waals surface area contributed by atoms with Crippen LogP contribution in [0.25, 0.3) is 0 Å². The molecule has 0 spiro atoms. The van der Waals surface area contributed by atoms with E-state index in [0.717, 1.165) is 34.1 Å². The molecule has 0 fully saturated rings. The lowest BCUT2D eigenvalue weighted by Crippen LogP contribution is -2.34. The van der Waals surface area contributed by atoms with E-state index >= 15 is 0 Å². The van der Waals surface area contributed by atoms with Gasteiger partial charge in [0.2, 0.25) is 6.79 Å². The van der Waals surface area contributed by atoms with Crippen molar-refractivity contribution in [2.75, 3.05) is 13.4 Å². The van der Waals surface area contributed by atoms with Gasteiger partial charge in [0.25, 0.3) is 0 Å². The predicted molar refractivity (Wildman–Crippen MR) is 126 cm³/mol. The highest BCUT2D eigenvalue weighted by molar-refractivity contribution is 9.10. The first-order valence-corrected chi connectivity index (χ1v) is 11.9. The Morgan fingerprint density at radius 2 is 1.91 bits per heavy atom. The highest BCUT2D eigenvalue weighted by Gasteiger charge is 2.40. The Labute approximate surface area is 200 Å². The van der Waals surface area contributed by atoms with E-state index in [9.17, 15) is 9.59 Å². The zero-order valence-electron chi connectivity index (χ0n) is 18.3. The smallest absolute Gasteiger partial charge is 0.336 e. The molecule has 5 rings (SSSR count). The van der Waals surface area contributed by atoms with E-state index in [0.29, 0.717) is 41.2 Å². The van der Waals surface area contributed by atoms with Crippen LogP contribution < -0.4 is 14.8 Å². The van der Waals surface area contributed by atoms with Crippen LogP contribution in [0.4, 0.5) is 0 Å². The minimum Gasteiger partial charge on any atom is -0.462 e. The zero-order valence-corrected chi connectivity index (χ0v) is 19.9. The molecule has 1 aliphatic carbocycles. The van der Waals surface area contributed by atoms with Gasteiger partial charge >= 0.3 is 5.97 Å².